The van der Waals surface area contributed by atoms with Crippen LogP contribution < -0.4 is 10.1 Å². The highest BCUT2D eigenvalue weighted by atomic mass is 16.5. The van der Waals surface area contributed by atoms with Crippen molar-refractivity contribution in [1.82, 2.24) is 5.32 Å². The Bertz CT molecular complexity index is 403. The molecule has 0 radical (unpaired) electrons. The fraction of sp³-hybridized carbons (Fsp3) is 0.533. The fourth-order valence-electron chi connectivity index (χ4n) is 1.82. The van der Waals surface area contributed by atoms with E-state index >= 15 is 0 Å². The standard InChI is InChI=1S/C15H20N2O/c1-2-9-18-14-7-5-13(6-8-14)15(10-16)17-11-12-3-4-12/h5-8,12,15,17H,2-4,9,11H2,1H3. The molecule has 1 unspecified atom stereocenters. The van der Waals surface area contributed by atoms with E-state index in [1.165, 1.54) is 12.8 Å². The van der Waals surface area contributed by atoms with Crippen molar-refractivity contribution in [1.29, 1.82) is 5.26 Å². The van der Waals surface area contributed by atoms with Crippen molar-refractivity contribution in [3.05, 3.63) is 29.8 Å². The molecule has 0 aliphatic heterocycles. The molecule has 1 saturated carbocycles. The maximum absolute atomic E-state index is 9.18. The Morgan fingerprint density at radius 3 is 2.67 bits per heavy atom. The summed E-state index contributed by atoms with van der Waals surface area (Å²) >= 11 is 0. The minimum Gasteiger partial charge on any atom is -0.494 e. The number of rotatable bonds is 7. The van der Waals surface area contributed by atoms with Crippen LogP contribution in [0.5, 0.6) is 5.75 Å². The second kappa shape index (κ2) is 6.42. The summed E-state index contributed by atoms with van der Waals surface area (Å²) in [6.45, 7) is 3.77. The topological polar surface area (TPSA) is 45.0 Å². The largest absolute Gasteiger partial charge is 0.494 e. The first-order valence-corrected chi connectivity index (χ1v) is 6.69. The van der Waals surface area contributed by atoms with Crippen molar-refractivity contribution in [3.8, 4) is 11.8 Å². The van der Waals surface area contributed by atoms with Crippen molar-refractivity contribution < 1.29 is 4.74 Å². The SMILES string of the molecule is CCCOc1ccc(C(C#N)NCC2CC2)cc1. The van der Waals surface area contributed by atoms with E-state index in [0.717, 1.165) is 36.8 Å². The van der Waals surface area contributed by atoms with Crippen molar-refractivity contribution in [2.45, 2.75) is 32.2 Å². The van der Waals surface area contributed by atoms with E-state index in [9.17, 15) is 5.26 Å². The Morgan fingerprint density at radius 1 is 1.39 bits per heavy atom. The Balaban J connectivity index is 1.91. The number of hydrogen-bond donors (Lipinski definition) is 1. The van der Waals surface area contributed by atoms with E-state index in [0.29, 0.717) is 0 Å². The fourth-order valence-corrected chi connectivity index (χ4v) is 1.82. The van der Waals surface area contributed by atoms with Gasteiger partial charge in [-0.25, -0.2) is 0 Å². The number of nitrogens with zero attached hydrogens (tertiary/aromatic N) is 1. The lowest BCUT2D eigenvalue weighted by molar-refractivity contribution is 0.317. The molecule has 0 bridgehead atoms. The van der Waals surface area contributed by atoms with Gasteiger partial charge in [-0.1, -0.05) is 19.1 Å². The lowest BCUT2D eigenvalue weighted by Crippen LogP contribution is -2.22. The van der Waals surface area contributed by atoms with Gasteiger partial charge in [-0.05, 0) is 49.4 Å². The van der Waals surface area contributed by atoms with Gasteiger partial charge in [0.15, 0.2) is 0 Å². The molecular formula is C15H20N2O. The van der Waals surface area contributed by atoms with Crippen LogP contribution in [-0.2, 0) is 0 Å². The zero-order chi connectivity index (χ0) is 12.8. The summed E-state index contributed by atoms with van der Waals surface area (Å²) in [6.07, 6.45) is 3.61. The molecule has 0 aromatic heterocycles. The second-order valence-corrected chi connectivity index (χ2v) is 4.83. The van der Waals surface area contributed by atoms with E-state index in [1.807, 2.05) is 24.3 Å². The lowest BCUT2D eigenvalue weighted by atomic mass is 10.1. The van der Waals surface area contributed by atoms with Crippen LogP contribution in [-0.4, -0.2) is 13.2 Å². The molecule has 18 heavy (non-hydrogen) atoms. The monoisotopic (exact) mass is 244 g/mol. The molecule has 3 heteroatoms. The smallest absolute Gasteiger partial charge is 0.121 e. The average Bonchev–Trinajstić information content (AvgIpc) is 3.22. The summed E-state index contributed by atoms with van der Waals surface area (Å²) in [5.41, 5.74) is 1.02. The second-order valence-electron chi connectivity index (χ2n) is 4.83. The summed E-state index contributed by atoms with van der Waals surface area (Å²) in [4.78, 5) is 0. The first kappa shape index (κ1) is 12.9. The molecule has 2 rings (SSSR count). The number of ether oxygens (including phenoxy) is 1. The number of nitriles is 1. The first-order valence-electron chi connectivity index (χ1n) is 6.69. The Hall–Kier alpha value is -1.53. The van der Waals surface area contributed by atoms with Gasteiger partial charge in [0.05, 0.1) is 12.7 Å². The zero-order valence-corrected chi connectivity index (χ0v) is 10.9. The van der Waals surface area contributed by atoms with Gasteiger partial charge < -0.3 is 4.74 Å². The summed E-state index contributed by atoms with van der Waals surface area (Å²) < 4.78 is 5.53. The van der Waals surface area contributed by atoms with Crippen LogP contribution in [0.2, 0.25) is 0 Å². The molecule has 0 spiro atoms. The molecule has 1 N–H and O–H groups in total. The molecule has 0 saturated heterocycles. The highest BCUT2D eigenvalue weighted by molar-refractivity contribution is 5.31. The summed E-state index contributed by atoms with van der Waals surface area (Å²) in [7, 11) is 0. The Morgan fingerprint density at radius 2 is 2.11 bits per heavy atom. The molecule has 0 heterocycles. The normalized spacial score (nSPS) is 16.0. The average molecular weight is 244 g/mol. The highest BCUT2D eigenvalue weighted by Gasteiger charge is 2.22. The van der Waals surface area contributed by atoms with Crippen LogP contribution in [0.25, 0.3) is 0 Å². The van der Waals surface area contributed by atoms with E-state index in [-0.39, 0.29) is 6.04 Å². The molecular weight excluding hydrogens is 224 g/mol. The third-order valence-electron chi connectivity index (χ3n) is 3.12. The molecule has 1 aromatic rings. The zero-order valence-electron chi connectivity index (χ0n) is 10.9. The Kier molecular flexibility index (Phi) is 4.60. The van der Waals surface area contributed by atoms with Crippen LogP contribution >= 0.6 is 0 Å². The van der Waals surface area contributed by atoms with Crippen LogP contribution in [0.4, 0.5) is 0 Å². The van der Waals surface area contributed by atoms with Crippen LogP contribution in [0.1, 0.15) is 37.8 Å². The number of nitrogens with one attached hydrogen (secondary N) is 1. The maximum Gasteiger partial charge on any atom is 0.121 e. The maximum atomic E-state index is 9.18. The minimum atomic E-state index is -0.203. The first-order chi connectivity index (χ1) is 8.83. The van der Waals surface area contributed by atoms with E-state index in [4.69, 9.17) is 4.74 Å². The number of benzene rings is 1. The lowest BCUT2D eigenvalue weighted by Gasteiger charge is -2.12. The summed E-state index contributed by atoms with van der Waals surface area (Å²) in [5.74, 6) is 1.66. The minimum absolute atomic E-state index is 0.203. The molecule has 96 valence electrons. The predicted molar refractivity (Wildman–Crippen MR) is 71.3 cm³/mol. The van der Waals surface area contributed by atoms with Crippen molar-refractivity contribution in [2.24, 2.45) is 5.92 Å². The molecule has 3 nitrogen and oxygen atoms in total. The van der Waals surface area contributed by atoms with Gasteiger partial charge >= 0.3 is 0 Å². The molecule has 1 aliphatic rings. The van der Waals surface area contributed by atoms with E-state index < -0.39 is 0 Å². The van der Waals surface area contributed by atoms with Crippen LogP contribution in [0, 0.1) is 17.2 Å². The Labute approximate surface area is 109 Å². The van der Waals surface area contributed by atoms with Gasteiger partial charge in [0.1, 0.15) is 11.8 Å². The van der Waals surface area contributed by atoms with Crippen LogP contribution in [0.3, 0.4) is 0 Å². The summed E-state index contributed by atoms with van der Waals surface area (Å²) in [6, 6.07) is 9.93. The molecule has 1 fully saturated rings. The molecule has 1 atom stereocenters. The third kappa shape index (κ3) is 3.75. The van der Waals surface area contributed by atoms with E-state index in [2.05, 4.69) is 18.3 Å². The van der Waals surface area contributed by atoms with Crippen LogP contribution in [0.15, 0.2) is 24.3 Å². The van der Waals surface area contributed by atoms with Gasteiger partial charge in [-0.3, -0.25) is 5.32 Å². The highest BCUT2D eigenvalue weighted by Crippen LogP contribution is 2.28. The summed E-state index contributed by atoms with van der Waals surface area (Å²) in [5, 5.41) is 12.5. The quantitative estimate of drug-likeness (QED) is 0.801. The van der Waals surface area contributed by atoms with Gasteiger partial charge in [0, 0.05) is 0 Å². The molecule has 1 aliphatic carbocycles. The van der Waals surface area contributed by atoms with Crippen molar-refractivity contribution >= 4 is 0 Å². The van der Waals surface area contributed by atoms with Crippen molar-refractivity contribution in [2.75, 3.05) is 13.2 Å². The van der Waals surface area contributed by atoms with Gasteiger partial charge in [-0.2, -0.15) is 5.26 Å². The van der Waals surface area contributed by atoms with E-state index in [1.54, 1.807) is 0 Å². The molecule has 1 aromatic carbocycles. The number of hydrogen-bond acceptors (Lipinski definition) is 3. The van der Waals surface area contributed by atoms with Gasteiger partial charge in [-0.15, -0.1) is 0 Å². The predicted octanol–water partition coefficient (Wildman–Crippen LogP) is 3.04. The molecule has 0 amide bonds. The van der Waals surface area contributed by atoms with Gasteiger partial charge in [0.25, 0.3) is 0 Å². The third-order valence-corrected chi connectivity index (χ3v) is 3.12. The van der Waals surface area contributed by atoms with Crippen molar-refractivity contribution in [3.63, 3.8) is 0 Å². The van der Waals surface area contributed by atoms with Gasteiger partial charge in [0.2, 0.25) is 0 Å².